The fourth-order valence-corrected chi connectivity index (χ4v) is 5.47. The Bertz CT molecular complexity index is 1260. The largest absolute Gasteiger partial charge is 0.453 e. The van der Waals surface area contributed by atoms with Gasteiger partial charge in [-0.15, -0.1) is 5.43 Å². The van der Waals surface area contributed by atoms with E-state index in [1.54, 1.807) is 39.4 Å². The Kier molecular flexibility index (Phi) is 7.04. The number of quaternary nitrogens is 1. The second kappa shape index (κ2) is 9.75. The first-order valence-corrected chi connectivity index (χ1v) is 13.9. The molecule has 1 fully saturated rings. The number of aromatic nitrogens is 2. The summed E-state index contributed by atoms with van der Waals surface area (Å²) < 4.78 is 31.1. The quantitative estimate of drug-likeness (QED) is 0.584. The van der Waals surface area contributed by atoms with E-state index in [2.05, 4.69) is 15.4 Å². The van der Waals surface area contributed by atoms with Gasteiger partial charge in [-0.25, -0.2) is 22.5 Å². The Morgan fingerprint density at radius 1 is 1.28 bits per heavy atom. The Morgan fingerprint density at radius 2 is 2.03 bits per heavy atom. The summed E-state index contributed by atoms with van der Waals surface area (Å²) in [5, 5.41) is 0. The number of aliphatic imine (C=N–C) groups is 1. The molecule has 0 spiro atoms. The van der Waals surface area contributed by atoms with Gasteiger partial charge in [0.25, 0.3) is 5.82 Å². The van der Waals surface area contributed by atoms with Gasteiger partial charge in [0.05, 0.1) is 6.26 Å². The number of para-hydroxylation sites is 2. The molecule has 194 valence electrons. The lowest BCUT2D eigenvalue weighted by molar-refractivity contribution is 0.0459. The van der Waals surface area contributed by atoms with Crippen LogP contribution in [0.15, 0.2) is 41.5 Å². The number of nitrogens with zero attached hydrogens (tertiary/aromatic N) is 6. The minimum absolute atomic E-state index is 0.0690. The molecule has 4 rings (SSSR count). The fourth-order valence-electron chi connectivity index (χ4n) is 4.57. The molecule has 2 aromatic rings. The van der Waals surface area contributed by atoms with Gasteiger partial charge in [-0.05, 0) is 46.6 Å². The highest BCUT2D eigenvalue weighted by Crippen LogP contribution is 2.42. The van der Waals surface area contributed by atoms with Gasteiger partial charge < -0.3 is 9.64 Å². The number of sulfonamides is 1. The van der Waals surface area contributed by atoms with Crippen molar-refractivity contribution in [3.63, 3.8) is 0 Å². The van der Waals surface area contributed by atoms with E-state index in [1.807, 2.05) is 36.1 Å². The summed E-state index contributed by atoms with van der Waals surface area (Å²) in [6.07, 6.45) is 5.46. The number of benzene rings is 1. The number of anilines is 1. The summed E-state index contributed by atoms with van der Waals surface area (Å²) in [7, 11) is -3.29. The number of carbonyl (C=O) groups excluding carboxylic acids is 1. The highest BCUT2D eigenvalue weighted by Gasteiger charge is 2.44. The number of ether oxygens (including phenoxy) is 1. The lowest BCUT2D eigenvalue weighted by Crippen LogP contribution is -2.57. The molecule has 2 aliphatic heterocycles. The minimum atomic E-state index is -3.29. The van der Waals surface area contributed by atoms with Crippen LogP contribution in [0.25, 0.3) is 0 Å². The van der Waals surface area contributed by atoms with Gasteiger partial charge in [-0.1, -0.05) is 16.7 Å². The molecule has 12 heteroatoms. The first-order valence-electron chi connectivity index (χ1n) is 12.0. The van der Waals surface area contributed by atoms with E-state index < -0.39 is 21.7 Å². The number of nitrogens with one attached hydrogen (secondary N) is 1. The zero-order valence-electron chi connectivity index (χ0n) is 21.4. The summed E-state index contributed by atoms with van der Waals surface area (Å²) in [6, 6.07) is 9.16. The summed E-state index contributed by atoms with van der Waals surface area (Å²) in [6.45, 7) is 8.88. The number of fused-ring (bicyclic) bond motifs is 1. The predicted octanol–water partition coefficient (Wildman–Crippen LogP) is 3.48. The van der Waals surface area contributed by atoms with E-state index in [9.17, 15) is 13.2 Å². The van der Waals surface area contributed by atoms with E-state index in [0.717, 1.165) is 18.5 Å². The van der Waals surface area contributed by atoms with Crippen molar-refractivity contribution in [1.29, 1.82) is 0 Å². The van der Waals surface area contributed by atoms with Crippen LogP contribution in [0.2, 0.25) is 0 Å². The molecule has 11 nitrogen and oxygen atoms in total. The summed E-state index contributed by atoms with van der Waals surface area (Å²) >= 11 is 0. The van der Waals surface area contributed by atoms with Crippen molar-refractivity contribution >= 4 is 45.6 Å². The Hall–Kier alpha value is -3.09. The number of carbonyl (C=O) groups is 1. The molecule has 0 saturated carbocycles. The molecule has 0 aliphatic carbocycles. The van der Waals surface area contributed by atoms with Gasteiger partial charge in [0.2, 0.25) is 22.3 Å². The maximum atomic E-state index is 12.9. The first kappa shape index (κ1) is 26.0. The zero-order chi connectivity index (χ0) is 26.1. The minimum Gasteiger partial charge on any atom is -0.441 e. The van der Waals surface area contributed by atoms with Crippen molar-refractivity contribution in [2.75, 3.05) is 30.8 Å². The Morgan fingerprint density at radius 3 is 2.72 bits per heavy atom. The van der Waals surface area contributed by atoms with Gasteiger partial charge >= 0.3 is 6.09 Å². The van der Waals surface area contributed by atoms with Crippen LogP contribution in [0.5, 0.6) is 0 Å². The smallest absolute Gasteiger partial charge is 0.441 e. The lowest BCUT2D eigenvalue weighted by Gasteiger charge is -2.38. The van der Waals surface area contributed by atoms with Crippen LogP contribution >= 0.6 is 0 Å². The summed E-state index contributed by atoms with van der Waals surface area (Å²) in [5.41, 5.74) is 3.68. The zero-order valence-corrected chi connectivity index (χ0v) is 22.2. The first-order chi connectivity index (χ1) is 16.9. The predicted molar refractivity (Wildman–Crippen MR) is 140 cm³/mol. The third kappa shape index (κ3) is 5.35. The second-order valence-corrected chi connectivity index (χ2v) is 12.0. The van der Waals surface area contributed by atoms with Crippen LogP contribution in [0, 0.1) is 0 Å². The number of piperidine rings is 1. The third-order valence-corrected chi connectivity index (χ3v) is 7.42. The molecular formula is C24H34N7O4S+. The van der Waals surface area contributed by atoms with Crippen molar-refractivity contribution < 1.29 is 17.9 Å². The lowest BCUT2D eigenvalue weighted by atomic mass is 10.1. The number of hydrogen-bond acceptors (Lipinski definition) is 8. The van der Waals surface area contributed by atoms with Crippen LogP contribution < -0.4 is 14.9 Å². The van der Waals surface area contributed by atoms with E-state index in [0.29, 0.717) is 37.1 Å². The van der Waals surface area contributed by atoms with Gasteiger partial charge in [0, 0.05) is 44.0 Å². The molecule has 1 aromatic carbocycles. The average molecular weight is 517 g/mol. The van der Waals surface area contributed by atoms with Gasteiger partial charge in [-0.2, -0.15) is 9.98 Å². The normalized spacial score (nSPS) is 22.2. The molecular weight excluding hydrogens is 482 g/mol. The SMILES string of the molecule is CCN(c1nccc([N+]2(NC(=O)OC(C)(C)C)C=Nc3ccccc32)n1)C1CCCN(S(C)(=O)=O)C1. The molecule has 0 radical (unpaired) electrons. The molecule has 1 saturated heterocycles. The van der Waals surface area contributed by atoms with Crippen LogP contribution in [0.1, 0.15) is 40.5 Å². The summed E-state index contributed by atoms with van der Waals surface area (Å²) in [4.78, 5) is 28.9. The van der Waals surface area contributed by atoms with Crippen molar-refractivity contribution in [1.82, 2.24) is 24.3 Å². The van der Waals surface area contributed by atoms with E-state index in [-0.39, 0.29) is 10.6 Å². The maximum absolute atomic E-state index is 12.9. The van der Waals surface area contributed by atoms with Gasteiger partial charge in [0.1, 0.15) is 11.3 Å². The topological polar surface area (TPSA) is 117 Å². The summed E-state index contributed by atoms with van der Waals surface area (Å²) in [5.74, 6) is 0.936. The van der Waals surface area contributed by atoms with Crippen LogP contribution in [-0.4, -0.2) is 72.7 Å². The van der Waals surface area contributed by atoms with Gasteiger partial charge in [-0.3, -0.25) is 0 Å². The van der Waals surface area contributed by atoms with E-state index in [1.165, 1.54) is 10.6 Å². The third-order valence-electron chi connectivity index (χ3n) is 6.15. The van der Waals surface area contributed by atoms with Gasteiger partial charge in [0.15, 0.2) is 5.69 Å². The van der Waals surface area contributed by atoms with Crippen LogP contribution in [0.4, 0.5) is 27.9 Å². The monoisotopic (exact) mass is 516 g/mol. The Labute approximate surface area is 212 Å². The van der Waals surface area contributed by atoms with Crippen molar-refractivity contribution in [3.8, 4) is 0 Å². The van der Waals surface area contributed by atoms with Crippen molar-refractivity contribution in [2.24, 2.45) is 4.99 Å². The highest BCUT2D eigenvalue weighted by atomic mass is 32.2. The molecule has 1 amide bonds. The maximum Gasteiger partial charge on any atom is 0.453 e. The van der Waals surface area contributed by atoms with Crippen LogP contribution in [-0.2, 0) is 14.8 Å². The molecule has 2 aliphatic rings. The van der Waals surface area contributed by atoms with Crippen molar-refractivity contribution in [3.05, 3.63) is 36.5 Å². The molecule has 0 bridgehead atoms. The molecule has 3 heterocycles. The number of amides is 1. The number of rotatable bonds is 6. The van der Waals surface area contributed by atoms with Crippen molar-refractivity contribution in [2.45, 2.75) is 52.2 Å². The molecule has 36 heavy (non-hydrogen) atoms. The average Bonchev–Trinajstić information content (AvgIpc) is 3.18. The second-order valence-electron chi connectivity index (χ2n) is 9.99. The van der Waals surface area contributed by atoms with E-state index in [4.69, 9.17) is 9.72 Å². The fraction of sp³-hybridized carbons (Fsp3) is 0.500. The number of likely N-dealkylation sites (N-methyl/N-ethyl adjacent to an activating group) is 1. The molecule has 2 unspecified atom stereocenters. The van der Waals surface area contributed by atoms with Crippen LogP contribution in [0.3, 0.4) is 0 Å². The Balaban J connectivity index is 1.72. The molecule has 1 N–H and O–H groups in total. The highest BCUT2D eigenvalue weighted by molar-refractivity contribution is 7.88. The van der Waals surface area contributed by atoms with E-state index >= 15 is 0 Å². The molecule has 1 aromatic heterocycles. The number of hydrogen-bond donors (Lipinski definition) is 1. The standard InChI is InChI=1S/C24H33N7O4S/c1-6-30(18-10-9-15-29(16-18)36(5,33)34)22-25-14-13-21(27-22)31(28-23(32)35-24(2,3)4)17-26-19-11-7-8-12-20(19)31/h7-8,11-14,17-18H,6,9-10,15-16H2,1-5H3/p+1. The molecule has 2 atom stereocenters.